The third kappa shape index (κ3) is 3.18. The maximum absolute atomic E-state index is 5.97. The van der Waals surface area contributed by atoms with Crippen molar-refractivity contribution in [3.05, 3.63) is 52.4 Å². The van der Waals surface area contributed by atoms with Crippen LogP contribution in [0.1, 0.15) is 12.5 Å². The van der Waals surface area contributed by atoms with E-state index in [0.717, 1.165) is 11.3 Å². The second-order valence-electron chi connectivity index (χ2n) is 3.53. The largest absolute Gasteiger partial charge is 0.265 e. The first-order valence-corrected chi connectivity index (χ1v) is 5.94. The molecule has 1 N–H and O–H groups in total. The highest BCUT2D eigenvalue weighted by atomic mass is 35.5. The van der Waals surface area contributed by atoms with Crippen LogP contribution in [0.4, 0.5) is 5.82 Å². The molecule has 0 aliphatic heterocycles. The summed E-state index contributed by atoms with van der Waals surface area (Å²) in [6.07, 6.45) is 4.93. The molecule has 2 aromatic rings. The smallest absolute Gasteiger partial charge is 0.165 e. The van der Waals surface area contributed by atoms with Crippen molar-refractivity contribution in [1.29, 1.82) is 0 Å². The van der Waals surface area contributed by atoms with Crippen LogP contribution in [-0.2, 0) is 0 Å². The predicted octanol–water partition coefficient (Wildman–Crippen LogP) is 3.62. The van der Waals surface area contributed by atoms with Crippen molar-refractivity contribution >= 4 is 34.7 Å². The quantitative estimate of drug-likeness (QED) is 0.690. The molecule has 2 rings (SSSR count). The molecule has 0 unspecified atom stereocenters. The minimum atomic E-state index is 0.425. The van der Waals surface area contributed by atoms with E-state index in [1.807, 2.05) is 19.1 Å². The van der Waals surface area contributed by atoms with E-state index in [-0.39, 0.29) is 0 Å². The van der Waals surface area contributed by atoms with Gasteiger partial charge in [0.25, 0.3) is 0 Å². The maximum Gasteiger partial charge on any atom is 0.165 e. The summed E-state index contributed by atoms with van der Waals surface area (Å²) in [6, 6.07) is 5.35. The van der Waals surface area contributed by atoms with Gasteiger partial charge in [0, 0.05) is 24.2 Å². The zero-order valence-corrected chi connectivity index (χ0v) is 11.1. The second-order valence-corrected chi connectivity index (χ2v) is 4.37. The molecule has 0 saturated carbocycles. The Hall–Kier alpha value is -1.65. The Kier molecular flexibility index (Phi) is 4.12. The van der Waals surface area contributed by atoms with E-state index in [1.54, 1.807) is 18.5 Å². The van der Waals surface area contributed by atoms with Crippen molar-refractivity contribution in [1.82, 2.24) is 9.97 Å². The lowest BCUT2D eigenvalue weighted by Crippen LogP contribution is -2.01. The van der Waals surface area contributed by atoms with Crippen LogP contribution in [0.15, 0.2) is 41.9 Å². The second kappa shape index (κ2) is 5.80. The minimum Gasteiger partial charge on any atom is -0.265 e. The molecule has 0 aliphatic rings. The lowest BCUT2D eigenvalue weighted by atomic mass is 10.2. The highest BCUT2D eigenvalue weighted by Crippen LogP contribution is 2.22. The molecule has 2 aromatic heterocycles. The predicted molar refractivity (Wildman–Crippen MR) is 74.3 cm³/mol. The average molecular weight is 281 g/mol. The molecule has 0 bridgehead atoms. The van der Waals surface area contributed by atoms with Crippen LogP contribution in [0, 0.1) is 0 Å². The van der Waals surface area contributed by atoms with Gasteiger partial charge >= 0.3 is 0 Å². The number of aromatic nitrogens is 2. The number of nitrogens with zero attached hydrogens (tertiary/aromatic N) is 3. The molecule has 0 fully saturated rings. The molecule has 92 valence electrons. The monoisotopic (exact) mass is 280 g/mol. The summed E-state index contributed by atoms with van der Waals surface area (Å²) in [6.45, 7) is 1.88. The third-order valence-electron chi connectivity index (χ3n) is 2.24. The van der Waals surface area contributed by atoms with Crippen LogP contribution in [0.3, 0.4) is 0 Å². The van der Waals surface area contributed by atoms with E-state index in [0.29, 0.717) is 15.9 Å². The lowest BCUT2D eigenvalue weighted by molar-refractivity contribution is 1.22. The van der Waals surface area contributed by atoms with Crippen molar-refractivity contribution in [2.45, 2.75) is 6.92 Å². The first-order valence-electron chi connectivity index (χ1n) is 5.18. The molecule has 0 amide bonds. The van der Waals surface area contributed by atoms with Crippen LogP contribution in [-0.4, -0.2) is 15.7 Å². The number of rotatable bonds is 3. The fourth-order valence-corrected chi connectivity index (χ4v) is 1.71. The first-order chi connectivity index (χ1) is 8.66. The molecule has 6 heteroatoms. The van der Waals surface area contributed by atoms with Crippen molar-refractivity contribution in [2.24, 2.45) is 5.10 Å². The van der Waals surface area contributed by atoms with Gasteiger partial charge in [-0.25, -0.2) is 4.98 Å². The van der Waals surface area contributed by atoms with Gasteiger partial charge in [0.1, 0.15) is 0 Å². The Bertz CT molecular complexity index is 570. The molecule has 0 aliphatic carbocycles. The van der Waals surface area contributed by atoms with Crippen LogP contribution >= 0.6 is 23.2 Å². The summed E-state index contributed by atoms with van der Waals surface area (Å²) >= 11 is 11.7. The molecule has 0 atom stereocenters. The fourth-order valence-electron chi connectivity index (χ4n) is 1.29. The average Bonchev–Trinajstić information content (AvgIpc) is 2.38. The van der Waals surface area contributed by atoms with E-state index in [1.165, 1.54) is 6.20 Å². The van der Waals surface area contributed by atoms with Crippen LogP contribution in [0.2, 0.25) is 10.0 Å². The van der Waals surface area contributed by atoms with E-state index in [2.05, 4.69) is 20.5 Å². The summed E-state index contributed by atoms with van der Waals surface area (Å²) in [5.74, 6) is 0.467. The number of hydrogen-bond donors (Lipinski definition) is 1. The Balaban J connectivity index is 2.15. The van der Waals surface area contributed by atoms with Crippen molar-refractivity contribution in [3.63, 3.8) is 0 Å². The normalized spacial score (nSPS) is 11.4. The van der Waals surface area contributed by atoms with Gasteiger partial charge < -0.3 is 0 Å². The highest BCUT2D eigenvalue weighted by Gasteiger charge is 2.02. The number of anilines is 1. The molecule has 0 aromatic carbocycles. The summed E-state index contributed by atoms with van der Waals surface area (Å²) in [5, 5.41) is 5.12. The lowest BCUT2D eigenvalue weighted by Gasteiger charge is -2.04. The molecule has 18 heavy (non-hydrogen) atoms. The topological polar surface area (TPSA) is 50.2 Å². The highest BCUT2D eigenvalue weighted by molar-refractivity contribution is 6.35. The number of pyridine rings is 2. The molecule has 0 saturated heterocycles. The number of nitrogens with one attached hydrogen (secondary N) is 1. The third-order valence-corrected chi connectivity index (χ3v) is 2.73. The Labute approximate surface area is 115 Å². The van der Waals surface area contributed by atoms with Gasteiger partial charge in [0.05, 0.1) is 15.8 Å². The number of hydrazone groups is 1. The van der Waals surface area contributed by atoms with Crippen LogP contribution < -0.4 is 5.43 Å². The van der Waals surface area contributed by atoms with E-state index in [4.69, 9.17) is 23.2 Å². The van der Waals surface area contributed by atoms with Crippen LogP contribution in [0.5, 0.6) is 0 Å². The van der Waals surface area contributed by atoms with Gasteiger partial charge in [-0.15, -0.1) is 0 Å². The van der Waals surface area contributed by atoms with Crippen molar-refractivity contribution < 1.29 is 0 Å². The minimum absolute atomic E-state index is 0.425. The zero-order valence-electron chi connectivity index (χ0n) is 9.56. The van der Waals surface area contributed by atoms with Gasteiger partial charge in [0.15, 0.2) is 5.82 Å². The van der Waals surface area contributed by atoms with Gasteiger partial charge in [-0.05, 0) is 25.1 Å². The molecule has 2 heterocycles. The van der Waals surface area contributed by atoms with Gasteiger partial charge in [0.2, 0.25) is 0 Å². The summed E-state index contributed by atoms with van der Waals surface area (Å²) in [5.41, 5.74) is 4.59. The van der Waals surface area contributed by atoms with Gasteiger partial charge in [-0.3, -0.25) is 10.4 Å². The standard InChI is InChI=1S/C12H10Cl2N4/c1-8(9-2-4-15-5-3-9)17-18-12-11(14)6-10(13)7-16-12/h2-7H,1H3,(H,16,18)/b17-8-. The van der Waals surface area contributed by atoms with Gasteiger partial charge in [-0.1, -0.05) is 23.2 Å². The molecule has 0 radical (unpaired) electrons. The van der Waals surface area contributed by atoms with E-state index < -0.39 is 0 Å². The Morgan fingerprint density at radius 3 is 2.67 bits per heavy atom. The zero-order chi connectivity index (χ0) is 13.0. The summed E-state index contributed by atoms with van der Waals surface area (Å²) < 4.78 is 0. The van der Waals surface area contributed by atoms with E-state index in [9.17, 15) is 0 Å². The maximum atomic E-state index is 5.97. The SMILES string of the molecule is C/C(=N/Nc1ncc(Cl)cc1Cl)c1ccncc1. The summed E-state index contributed by atoms with van der Waals surface area (Å²) in [4.78, 5) is 8.00. The Morgan fingerprint density at radius 2 is 2.00 bits per heavy atom. The number of halogens is 2. The molecular weight excluding hydrogens is 271 g/mol. The van der Waals surface area contributed by atoms with E-state index >= 15 is 0 Å². The number of hydrogen-bond acceptors (Lipinski definition) is 4. The summed E-state index contributed by atoms with van der Waals surface area (Å²) in [7, 11) is 0. The Morgan fingerprint density at radius 1 is 1.28 bits per heavy atom. The first kappa shape index (κ1) is 12.8. The molecular formula is C12H10Cl2N4. The molecule has 0 spiro atoms. The van der Waals surface area contributed by atoms with Crippen molar-refractivity contribution in [2.75, 3.05) is 5.43 Å². The van der Waals surface area contributed by atoms with Crippen LogP contribution in [0.25, 0.3) is 0 Å². The van der Waals surface area contributed by atoms with Crippen molar-refractivity contribution in [3.8, 4) is 0 Å². The molecule has 4 nitrogen and oxygen atoms in total. The fraction of sp³-hybridized carbons (Fsp3) is 0.0833. The van der Waals surface area contributed by atoms with Gasteiger partial charge in [-0.2, -0.15) is 5.10 Å².